The van der Waals surface area contributed by atoms with Gasteiger partial charge in [-0.05, 0) is 18.2 Å². The van der Waals surface area contributed by atoms with Gasteiger partial charge >= 0.3 is 0 Å². The maximum absolute atomic E-state index is 12.9. The second kappa shape index (κ2) is 8.46. The molecule has 3 aromatic carbocycles. The highest BCUT2D eigenvalue weighted by atomic mass is 35.5. The normalized spacial score (nSPS) is 10.9. The number of fused-ring (bicyclic) bond motifs is 1. The summed E-state index contributed by atoms with van der Waals surface area (Å²) in [4.78, 5) is 17.7. The molecule has 1 N–H and O–H groups in total. The molecular formula is C25H16Cl2N4O. The smallest absolute Gasteiger partial charge is 0.276 e. The number of halogens is 2. The number of nitrogens with one attached hydrogen (secondary N) is 1. The van der Waals surface area contributed by atoms with E-state index < -0.39 is 5.91 Å². The maximum Gasteiger partial charge on any atom is 0.276 e. The lowest BCUT2D eigenvalue weighted by molar-refractivity contribution is 0.102. The summed E-state index contributed by atoms with van der Waals surface area (Å²) in [5.74, 6) is -0.403. The van der Waals surface area contributed by atoms with E-state index in [1.807, 2.05) is 66.7 Å². The van der Waals surface area contributed by atoms with Crippen LogP contribution in [0.5, 0.6) is 0 Å². The average molecular weight is 459 g/mol. The van der Waals surface area contributed by atoms with Crippen molar-refractivity contribution in [3.63, 3.8) is 0 Å². The van der Waals surface area contributed by atoms with Crippen LogP contribution in [-0.4, -0.2) is 20.5 Å². The summed E-state index contributed by atoms with van der Waals surface area (Å²) in [5.41, 5.74) is 4.76. The third kappa shape index (κ3) is 3.84. The first-order valence-corrected chi connectivity index (χ1v) is 10.6. The second-order valence-corrected chi connectivity index (χ2v) is 7.90. The molecule has 0 atom stereocenters. The standard InChI is InChI=1S/C25H16Cl2N4O/c26-18-12-7-13-19(24(18)27)29-25(32)21-15-23-28-20(16-8-3-1-4-9-16)14-22(31(23)30-21)17-10-5-2-6-11-17/h1-15H,(H,29,32). The highest BCUT2D eigenvalue weighted by Crippen LogP contribution is 2.30. The Morgan fingerprint density at radius 1 is 0.812 bits per heavy atom. The molecule has 0 saturated heterocycles. The predicted octanol–water partition coefficient (Wildman–Crippen LogP) is 6.62. The molecule has 2 heterocycles. The van der Waals surface area contributed by atoms with Gasteiger partial charge in [-0.1, -0.05) is 89.9 Å². The number of amides is 1. The van der Waals surface area contributed by atoms with Gasteiger partial charge in [-0.25, -0.2) is 9.50 Å². The van der Waals surface area contributed by atoms with E-state index in [2.05, 4.69) is 10.4 Å². The van der Waals surface area contributed by atoms with Crippen LogP contribution in [-0.2, 0) is 0 Å². The van der Waals surface area contributed by atoms with Crippen LogP contribution in [0.15, 0.2) is 91.0 Å². The lowest BCUT2D eigenvalue weighted by Crippen LogP contribution is -2.13. The Morgan fingerprint density at radius 2 is 1.50 bits per heavy atom. The molecule has 32 heavy (non-hydrogen) atoms. The summed E-state index contributed by atoms with van der Waals surface area (Å²) in [6.07, 6.45) is 0. The molecule has 5 nitrogen and oxygen atoms in total. The van der Waals surface area contributed by atoms with Crippen LogP contribution in [0.4, 0.5) is 5.69 Å². The van der Waals surface area contributed by atoms with Gasteiger partial charge in [0.05, 0.1) is 27.1 Å². The lowest BCUT2D eigenvalue weighted by Gasteiger charge is -2.08. The number of hydrogen-bond acceptors (Lipinski definition) is 3. The second-order valence-electron chi connectivity index (χ2n) is 7.11. The minimum absolute atomic E-state index is 0.218. The molecule has 0 aliphatic heterocycles. The van der Waals surface area contributed by atoms with Crippen molar-refractivity contribution in [2.75, 3.05) is 5.32 Å². The number of nitrogens with zero attached hydrogens (tertiary/aromatic N) is 3. The first-order valence-electron chi connectivity index (χ1n) is 9.87. The van der Waals surface area contributed by atoms with Gasteiger partial charge in [-0.15, -0.1) is 0 Å². The van der Waals surface area contributed by atoms with Crippen molar-refractivity contribution < 1.29 is 4.79 Å². The van der Waals surface area contributed by atoms with Crippen molar-refractivity contribution in [1.82, 2.24) is 14.6 Å². The van der Waals surface area contributed by atoms with Gasteiger partial charge in [0.25, 0.3) is 5.91 Å². The number of hydrogen-bond donors (Lipinski definition) is 1. The Kier molecular flexibility index (Phi) is 5.35. The predicted molar refractivity (Wildman–Crippen MR) is 128 cm³/mol. The molecule has 2 aromatic heterocycles. The molecule has 0 spiro atoms. The highest BCUT2D eigenvalue weighted by Gasteiger charge is 2.17. The topological polar surface area (TPSA) is 59.3 Å². The first kappa shape index (κ1) is 20.2. The van der Waals surface area contributed by atoms with Crippen LogP contribution >= 0.6 is 23.2 Å². The van der Waals surface area contributed by atoms with Crippen molar-refractivity contribution in [2.45, 2.75) is 0 Å². The Balaban J connectivity index is 1.62. The molecule has 156 valence electrons. The largest absolute Gasteiger partial charge is 0.319 e. The summed E-state index contributed by atoms with van der Waals surface area (Å²) in [6, 6.07) is 28.4. The summed E-state index contributed by atoms with van der Waals surface area (Å²) < 4.78 is 1.68. The lowest BCUT2D eigenvalue weighted by atomic mass is 10.1. The summed E-state index contributed by atoms with van der Waals surface area (Å²) in [5, 5.41) is 7.95. The van der Waals surface area contributed by atoms with E-state index in [0.29, 0.717) is 16.4 Å². The van der Waals surface area contributed by atoms with Crippen LogP contribution in [0.3, 0.4) is 0 Å². The van der Waals surface area contributed by atoms with E-state index in [1.54, 1.807) is 28.8 Å². The zero-order valence-electron chi connectivity index (χ0n) is 16.7. The molecule has 0 saturated carbocycles. The third-order valence-electron chi connectivity index (χ3n) is 5.00. The number of carbonyl (C=O) groups is 1. The molecule has 0 aliphatic carbocycles. The summed E-state index contributed by atoms with van der Waals surface area (Å²) in [7, 11) is 0. The number of rotatable bonds is 4. The molecule has 0 unspecified atom stereocenters. The fraction of sp³-hybridized carbons (Fsp3) is 0. The number of aromatic nitrogens is 3. The molecule has 5 aromatic rings. The Labute approximate surface area is 194 Å². The molecule has 0 bridgehead atoms. The Hall–Kier alpha value is -3.67. The van der Waals surface area contributed by atoms with Crippen molar-refractivity contribution in [2.24, 2.45) is 0 Å². The minimum Gasteiger partial charge on any atom is -0.319 e. The zero-order valence-corrected chi connectivity index (χ0v) is 18.2. The quantitative estimate of drug-likeness (QED) is 0.329. The van der Waals surface area contributed by atoms with E-state index >= 15 is 0 Å². The van der Waals surface area contributed by atoms with Crippen LogP contribution in [0.25, 0.3) is 28.2 Å². The van der Waals surface area contributed by atoms with Gasteiger partial charge in [0, 0.05) is 17.2 Å². The van der Waals surface area contributed by atoms with E-state index in [1.165, 1.54) is 0 Å². The van der Waals surface area contributed by atoms with Crippen molar-refractivity contribution in [3.05, 3.63) is 107 Å². The van der Waals surface area contributed by atoms with Gasteiger partial charge in [-0.3, -0.25) is 4.79 Å². The molecular weight excluding hydrogens is 443 g/mol. The van der Waals surface area contributed by atoms with Crippen LogP contribution in [0, 0.1) is 0 Å². The van der Waals surface area contributed by atoms with Crippen LogP contribution < -0.4 is 5.32 Å². The van der Waals surface area contributed by atoms with Crippen molar-refractivity contribution >= 4 is 40.4 Å². The fourth-order valence-corrected chi connectivity index (χ4v) is 3.79. The van der Waals surface area contributed by atoms with Crippen LogP contribution in [0.2, 0.25) is 10.0 Å². The summed E-state index contributed by atoms with van der Waals surface area (Å²) in [6.45, 7) is 0. The molecule has 0 fully saturated rings. The summed E-state index contributed by atoms with van der Waals surface area (Å²) >= 11 is 12.3. The molecule has 0 aliphatic rings. The van der Waals surface area contributed by atoms with Gasteiger partial charge in [-0.2, -0.15) is 5.10 Å². The van der Waals surface area contributed by atoms with E-state index in [-0.39, 0.29) is 10.7 Å². The van der Waals surface area contributed by atoms with Gasteiger partial charge in [0.2, 0.25) is 0 Å². The maximum atomic E-state index is 12.9. The number of anilines is 1. The SMILES string of the molecule is O=C(Nc1cccc(Cl)c1Cl)c1cc2nc(-c3ccccc3)cc(-c3ccccc3)n2n1. The monoisotopic (exact) mass is 458 g/mol. The molecule has 1 amide bonds. The Bertz CT molecular complexity index is 1430. The zero-order chi connectivity index (χ0) is 22.1. The number of benzene rings is 3. The molecule has 5 rings (SSSR count). The van der Waals surface area contributed by atoms with Gasteiger partial charge < -0.3 is 5.32 Å². The van der Waals surface area contributed by atoms with E-state index in [9.17, 15) is 4.79 Å². The first-order chi connectivity index (χ1) is 15.6. The van der Waals surface area contributed by atoms with Crippen molar-refractivity contribution in [1.29, 1.82) is 0 Å². The third-order valence-corrected chi connectivity index (χ3v) is 5.82. The van der Waals surface area contributed by atoms with E-state index in [4.69, 9.17) is 28.2 Å². The average Bonchev–Trinajstić information content (AvgIpc) is 3.27. The minimum atomic E-state index is -0.403. The van der Waals surface area contributed by atoms with Gasteiger partial charge in [0.15, 0.2) is 11.3 Å². The van der Waals surface area contributed by atoms with E-state index in [0.717, 1.165) is 22.5 Å². The Morgan fingerprint density at radius 3 is 2.22 bits per heavy atom. The highest BCUT2D eigenvalue weighted by molar-refractivity contribution is 6.44. The van der Waals surface area contributed by atoms with Crippen LogP contribution in [0.1, 0.15) is 10.5 Å². The fourth-order valence-electron chi connectivity index (χ4n) is 3.44. The van der Waals surface area contributed by atoms with Crippen molar-refractivity contribution in [3.8, 4) is 22.5 Å². The molecule has 0 radical (unpaired) electrons. The molecule has 7 heteroatoms. The van der Waals surface area contributed by atoms with Gasteiger partial charge in [0.1, 0.15) is 0 Å². The number of carbonyl (C=O) groups excluding carboxylic acids is 1.